The molecule has 0 atom stereocenters. The molecular formula is C10H12F9N4P. The van der Waals surface area contributed by atoms with Gasteiger partial charge in [-0.1, -0.05) is 0 Å². The van der Waals surface area contributed by atoms with Crippen molar-refractivity contribution in [2.75, 3.05) is 0 Å². The molecule has 24 heavy (non-hydrogen) atoms. The average molecular weight is 390 g/mol. The molecule has 0 N–H and O–H groups in total. The maximum atomic E-state index is 12.0. The molecule has 0 aliphatic rings. The van der Waals surface area contributed by atoms with E-state index in [1.54, 1.807) is 46.4 Å². The fourth-order valence-corrected chi connectivity index (χ4v) is 1.46. The predicted octanol–water partition coefficient (Wildman–Crippen LogP) is 4.81. The van der Waals surface area contributed by atoms with E-state index in [1.807, 2.05) is 0 Å². The van der Waals surface area contributed by atoms with E-state index in [-0.39, 0.29) is 6.54 Å². The fraction of sp³-hybridized carbons (Fsp3) is 0.400. The summed E-state index contributed by atoms with van der Waals surface area (Å²) in [5.74, 6) is 0. The molecule has 0 amide bonds. The Bertz CT molecular complexity index is 630. The molecule has 0 radical (unpaired) electrons. The predicted molar refractivity (Wildman–Crippen MR) is 66.5 cm³/mol. The van der Waals surface area contributed by atoms with Gasteiger partial charge in [-0.25, -0.2) is 13.8 Å². The number of alkyl halides is 3. The molecule has 0 saturated carbocycles. The zero-order chi connectivity index (χ0) is 18.7. The Morgan fingerprint density at radius 1 is 1.00 bits per heavy atom. The molecule has 2 aromatic rings. The monoisotopic (exact) mass is 390 g/mol. The van der Waals surface area contributed by atoms with Crippen molar-refractivity contribution in [3.63, 3.8) is 0 Å². The van der Waals surface area contributed by atoms with Gasteiger partial charge in [0.15, 0.2) is 6.67 Å². The van der Waals surface area contributed by atoms with Crippen LogP contribution in [0.4, 0.5) is 38.4 Å². The van der Waals surface area contributed by atoms with Crippen LogP contribution in [-0.4, -0.2) is 20.5 Å². The zero-order valence-corrected chi connectivity index (χ0v) is 12.6. The minimum atomic E-state index is -10.7. The Kier molecular flexibility index (Phi) is 5.01. The summed E-state index contributed by atoms with van der Waals surface area (Å²) in [5, 5.41) is 4.01. The molecule has 2 aromatic heterocycles. The zero-order valence-electron chi connectivity index (χ0n) is 11.7. The number of imidazole rings is 1. The van der Waals surface area contributed by atoms with E-state index in [4.69, 9.17) is 0 Å². The van der Waals surface area contributed by atoms with Crippen LogP contribution < -0.4 is 4.57 Å². The Hall–Kier alpha value is -1.78. The molecule has 0 unspecified atom stereocenters. The van der Waals surface area contributed by atoms with Gasteiger partial charge in [-0.05, 0) is 6.07 Å². The van der Waals surface area contributed by atoms with Gasteiger partial charge in [0.05, 0.1) is 13.0 Å². The summed E-state index contributed by atoms with van der Waals surface area (Å²) in [6.45, 7) is 0.432. The first-order valence-electron chi connectivity index (χ1n) is 6.13. The van der Waals surface area contributed by atoms with Crippen molar-refractivity contribution in [2.24, 2.45) is 0 Å². The van der Waals surface area contributed by atoms with E-state index >= 15 is 0 Å². The van der Waals surface area contributed by atoms with Crippen LogP contribution in [0, 0.1) is 0 Å². The second kappa shape index (κ2) is 5.94. The molecule has 14 heteroatoms. The standard InChI is InChI=1S/C10H12F3N4.F6P/c11-10(12,13)2-5-15-6-7-16(8-15)9-17-4-1-3-14-17;1-7(2,3,4,5)6/h1,3-4,6-8H,2,5,9H2;/q+1;-1. The summed E-state index contributed by atoms with van der Waals surface area (Å²) < 4.78 is 100. The first-order chi connectivity index (χ1) is 10.5. The molecule has 0 spiro atoms. The van der Waals surface area contributed by atoms with Gasteiger partial charge in [0.1, 0.15) is 12.4 Å². The Balaban J connectivity index is 0.000000351. The summed E-state index contributed by atoms with van der Waals surface area (Å²) in [4.78, 5) is 0. The van der Waals surface area contributed by atoms with Crippen molar-refractivity contribution in [2.45, 2.75) is 25.8 Å². The van der Waals surface area contributed by atoms with Gasteiger partial charge in [-0.15, -0.1) is 0 Å². The minimum absolute atomic E-state index is 0.0599. The summed E-state index contributed by atoms with van der Waals surface area (Å²) in [6.07, 6.45) is 3.49. The van der Waals surface area contributed by atoms with Gasteiger partial charge in [0.2, 0.25) is 6.33 Å². The molecule has 0 bridgehead atoms. The molecule has 2 heterocycles. The number of aromatic nitrogens is 4. The normalized spacial score (nSPS) is 15.2. The van der Waals surface area contributed by atoms with Crippen LogP contribution in [0.25, 0.3) is 0 Å². The fourth-order valence-electron chi connectivity index (χ4n) is 1.46. The first-order valence-corrected chi connectivity index (χ1v) is 8.16. The SMILES string of the molecule is FC(F)(F)CCn1cc[n+](Cn2cccn2)c1.F[P-](F)(F)(F)(F)F. The number of nitrogens with zero attached hydrogens (tertiary/aromatic N) is 4. The molecule has 0 aliphatic carbocycles. The second-order valence-electron chi connectivity index (χ2n) is 4.68. The van der Waals surface area contributed by atoms with Gasteiger partial charge >= 0.3 is 39.2 Å². The molecule has 0 saturated heterocycles. The van der Waals surface area contributed by atoms with Crippen LogP contribution in [0.3, 0.4) is 0 Å². The molecule has 4 nitrogen and oxygen atoms in total. The van der Waals surface area contributed by atoms with Crippen LogP contribution in [0.15, 0.2) is 37.2 Å². The van der Waals surface area contributed by atoms with Crippen molar-refractivity contribution in [3.05, 3.63) is 37.2 Å². The molecule has 0 aromatic carbocycles. The molecule has 0 fully saturated rings. The van der Waals surface area contributed by atoms with Crippen LogP contribution in [0.1, 0.15) is 6.42 Å². The van der Waals surface area contributed by atoms with Crippen LogP contribution in [-0.2, 0) is 13.2 Å². The molecule has 2 rings (SSSR count). The van der Waals surface area contributed by atoms with E-state index in [2.05, 4.69) is 5.10 Å². The topological polar surface area (TPSA) is 26.6 Å². The van der Waals surface area contributed by atoms with Crippen LogP contribution >= 0.6 is 7.81 Å². The number of hydrogen-bond acceptors (Lipinski definition) is 1. The van der Waals surface area contributed by atoms with Crippen molar-refractivity contribution in [1.29, 1.82) is 0 Å². The van der Waals surface area contributed by atoms with Gasteiger partial charge in [-0.2, -0.15) is 18.3 Å². The van der Waals surface area contributed by atoms with Crippen LogP contribution in [0.2, 0.25) is 0 Å². The summed E-state index contributed by atoms with van der Waals surface area (Å²) in [5.41, 5.74) is 0. The van der Waals surface area contributed by atoms with Gasteiger partial charge in [0.25, 0.3) is 0 Å². The van der Waals surface area contributed by atoms with Gasteiger partial charge in [0, 0.05) is 12.4 Å². The average Bonchev–Trinajstić information content (AvgIpc) is 2.93. The van der Waals surface area contributed by atoms with Gasteiger partial charge < -0.3 is 0 Å². The molecule has 140 valence electrons. The Morgan fingerprint density at radius 2 is 1.58 bits per heavy atom. The van der Waals surface area contributed by atoms with E-state index in [9.17, 15) is 38.4 Å². The third-order valence-electron chi connectivity index (χ3n) is 2.27. The van der Waals surface area contributed by atoms with Crippen molar-refractivity contribution in [1.82, 2.24) is 14.3 Å². The van der Waals surface area contributed by atoms with Gasteiger partial charge in [-0.3, -0.25) is 0 Å². The molecular weight excluding hydrogens is 378 g/mol. The van der Waals surface area contributed by atoms with Crippen LogP contribution in [0.5, 0.6) is 0 Å². The van der Waals surface area contributed by atoms with E-state index < -0.39 is 20.4 Å². The number of rotatable bonds is 4. The van der Waals surface area contributed by atoms with E-state index in [0.29, 0.717) is 6.67 Å². The van der Waals surface area contributed by atoms with Crippen molar-refractivity contribution in [3.8, 4) is 0 Å². The van der Waals surface area contributed by atoms with E-state index in [1.165, 1.54) is 4.57 Å². The molecule has 0 aliphatic heterocycles. The third kappa shape index (κ3) is 12.7. The third-order valence-corrected chi connectivity index (χ3v) is 2.27. The Labute approximate surface area is 129 Å². The van der Waals surface area contributed by atoms with Crippen molar-refractivity contribution >= 4 is 7.81 Å². The van der Waals surface area contributed by atoms with E-state index in [0.717, 1.165) is 0 Å². The second-order valence-corrected chi connectivity index (χ2v) is 6.59. The number of halogens is 9. The summed E-state index contributed by atoms with van der Waals surface area (Å²) >= 11 is 0. The summed E-state index contributed by atoms with van der Waals surface area (Å²) in [6, 6.07) is 1.79. The first kappa shape index (κ1) is 20.3. The quantitative estimate of drug-likeness (QED) is 0.418. The number of aryl methyl sites for hydroxylation is 1. The van der Waals surface area contributed by atoms with Crippen molar-refractivity contribution < 1.29 is 42.9 Å². The number of hydrogen-bond donors (Lipinski definition) is 0. The Morgan fingerprint density at radius 3 is 2.04 bits per heavy atom. The summed E-state index contributed by atoms with van der Waals surface area (Å²) in [7, 11) is -10.7. The maximum absolute atomic E-state index is 12.0.